The summed E-state index contributed by atoms with van der Waals surface area (Å²) in [6.45, 7) is 3.81. The van der Waals surface area contributed by atoms with Crippen LogP contribution in [0.25, 0.3) is 0 Å². The first kappa shape index (κ1) is 25.7. The molecule has 1 saturated heterocycles. The lowest BCUT2D eigenvalue weighted by atomic mass is 10.1. The summed E-state index contributed by atoms with van der Waals surface area (Å²) in [6.07, 6.45) is 5.00. The van der Waals surface area contributed by atoms with Crippen LogP contribution in [0.4, 0.5) is 28.8 Å². The number of nitrogens with zero attached hydrogens (tertiary/aromatic N) is 4. The largest absolute Gasteiger partial charge is 0.393 e. The van der Waals surface area contributed by atoms with Gasteiger partial charge >= 0.3 is 0 Å². The van der Waals surface area contributed by atoms with Gasteiger partial charge in [0.05, 0.1) is 4.92 Å². The molecule has 1 aliphatic heterocycles. The van der Waals surface area contributed by atoms with Gasteiger partial charge in [0.2, 0.25) is 5.95 Å². The number of aryl methyl sites for hydroxylation is 1. The number of nitro groups is 1. The number of hydrogen-bond donors (Lipinski definition) is 3. The second-order valence-electron chi connectivity index (χ2n) is 7.15. The predicted molar refractivity (Wildman–Crippen MR) is 125 cm³/mol. The molecule has 1 fully saturated rings. The van der Waals surface area contributed by atoms with E-state index in [1.807, 2.05) is 6.07 Å². The van der Waals surface area contributed by atoms with E-state index in [4.69, 9.17) is 11.5 Å². The van der Waals surface area contributed by atoms with Crippen LogP contribution in [0.1, 0.15) is 38.3 Å². The summed E-state index contributed by atoms with van der Waals surface area (Å²) in [5.41, 5.74) is 13.2. The van der Waals surface area contributed by atoms with E-state index in [9.17, 15) is 10.1 Å². The fraction of sp³-hybridized carbons (Fsp3) is 0.474. The minimum atomic E-state index is -0.500. The average Bonchev–Trinajstić information content (AvgIpc) is 2.67. The van der Waals surface area contributed by atoms with Crippen molar-refractivity contribution in [3.63, 3.8) is 0 Å². The van der Waals surface area contributed by atoms with Gasteiger partial charge in [-0.3, -0.25) is 10.1 Å². The summed E-state index contributed by atoms with van der Waals surface area (Å²) in [5, 5.41) is 14.2. The Kier molecular flexibility index (Phi) is 10.0. The first-order chi connectivity index (χ1) is 13.5. The van der Waals surface area contributed by atoms with E-state index in [1.165, 1.54) is 12.1 Å². The molecular weight excluding hydrogens is 429 g/mol. The molecule has 2 aromatic rings. The number of rotatable bonds is 7. The van der Waals surface area contributed by atoms with Gasteiger partial charge in [0.25, 0.3) is 5.69 Å². The van der Waals surface area contributed by atoms with Crippen LogP contribution in [0.5, 0.6) is 0 Å². The normalized spacial score (nSPS) is 15.7. The van der Waals surface area contributed by atoms with Crippen molar-refractivity contribution in [1.29, 1.82) is 0 Å². The molecule has 9 nitrogen and oxygen atoms in total. The highest BCUT2D eigenvalue weighted by Crippen LogP contribution is 2.27. The van der Waals surface area contributed by atoms with E-state index in [1.54, 1.807) is 6.07 Å². The second-order valence-corrected chi connectivity index (χ2v) is 7.15. The Labute approximate surface area is 188 Å². The maximum atomic E-state index is 11.1. The molecule has 0 radical (unpaired) electrons. The number of nitro benzene ring substituents is 1. The number of benzene rings is 1. The van der Waals surface area contributed by atoms with Crippen molar-refractivity contribution in [3.05, 3.63) is 40.1 Å². The number of piperidine rings is 1. The Morgan fingerprint density at radius 1 is 1.30 bits per heavy atom. The quantitative estimate of drug-likeness (QED) is 0.324. The van der Waals surface area contributed by atoms with Crippen LogP contribution < -0.4 is 21.7 Å². The Morgan fingerprint density at radius 2 is 2.07 bits per heavy atom. The van der Waals surface area contributed by atoms with Gasteiger partial charge < -0.3 is 21.7 Å². The molecule has 11 heteroatoms. The van der Waals surface area contributed by atoms with Gasteiger partial charge in [0, 0.05) is 42.6 Å². The van der Waals surface area contributed by atoms with Crippen molar-refractivity contribution in [2.75, 3.05) is 29.0 Å². The SMILES string of the molecule is CCCCc1cc(N2CCC[C@@H](N)C2)nc(Nc2ccc(N)c([N+](=O)[O-])c2)n1.Cl.Cl. The van der Waals surface area contributed by atoms with Crippen molar-refractivity contribution in [2.45, 2.75) is 45.1 Å². The van der Waals surface area contributed by atoms with Crippen LogP contribution in [0.15, 0.2) is 24.3 Å². The molecule has 30 heavy (non-hydrogen) atoms. The standard InChI is InChI=1S/C19H27N7O2.2ClH/c1-2-3-6-14-11-18(25-9-4-5-13(20)12-25)24-19(22-14)23-15-7-8-16(21)17(10-15)26(27)28;;/h7-8,10-11,13H,2-6,9,12,20-21H2,1H3,(H,22,23,24);2*1H/t13-;;/m1../s1. The molecule has 1 aliphatic rings. The molecule has 1 atom stereocenters. The van der Waals surface area contributed by atoms with E-state index in [0.29, 0.717) is 11.6 Å². The van der Waals surface area contributed by atoms with Gasteiger partial charge in [-0.05, 0) is 37.8 Å². The lowest BCUT2D eigenvalue weighted by Gasteiger charge is -2.32. The lowest BCUT2D eigenvalue weighted by Crippen LogP contribution is -2.43. The summed E-state index contributed by atoms with van der Waals surface area (Å²) in [6, 6.07) is 6.74. The molecule has 0 amide bonds. The smallest absolute Gasteiger partial charge is 0.294 e. The van der Waals surface area contributed by atoms with E-state index in [2.05, 4.69) is 27.1 Å². The van der Waals surface area contributed by atoms with Crippen molar-refractivity contribution < 1.29 is 4.92 Å². The number of aromatic nitrogens is 2. The van der Waals surface area contributed by atoms with E-state index in [-0.39, 0.29) is 42.2 Å². The van der Waals surface area contributed by atoms with Crippen molar-refractivity contribution in [2.24, 2.45) is 5.73 Å². The van der Waals surface area contributed by atoms with Crippen LogP contribution in [0, 0.1) is 10.1 Å². The molecule has 1 aromatic heterocycles. The third-order valence-electron chi connectivity index (χ3n) is 4.82. The van der Waals surface area contributed by atoms with Crippen LogP contribution >= 0.6 is 24.8 Å². The average molecular weight is 458 g/mol. The third kappa shape index (κ3) is 6.58. The van der Waals surface area contributed by atoms with Gasteiger partial charge in [-0.25, -0.2) is 4.98 Å². The predicted octanol–water partition coefficient (Wildman–Crippen LogP) is 3.82. The molecule has 5 N–H and O–H groups in total. The van der Waals surface area contributed by atoms with Gasteiger partial charge in [-0.2, -0.15) is 4.98 Å². The number of nitrogens with two attached hydrogens (primary N) is 2. The Bertz CT molecular complexity index is 854. The number of nitrogens with one attached hydrogen (secondary N) is 1. The summed E-state index contributed by atoms with van der Waals surface area (Å²) in [7, 11) is 0. The molecule has 166 valence electrons. The van der Waals surface area contributed by atoms with Gasteiger partial charge in [-0.1, -0.05) is 13.3 Å². The van der Waals surface area contributed by atoms with Gasteiger partial charge in [0.1, 0.15) is 11.5 Å². The van der Waals surface area contributed by atoms with Crippen LogP contribution in [-0.2, 0) is 6.42 Å². The molecule has 0 spiro atoms. The monoisotopic (exact) mass is 457 g/mol. The van der Waals surface area contributed by atoms with E-state index in [0.717, 1.165) is 56.7 Å². The first-order valence-corrected chi connectivity index (χ1v) is 9.65. The summed E-state index contributed by atoms with van der Waals surface area (Å²) < 4.78 is 0. The fourth-order valence-corrected chi connectivity index (χ4v) is 3.31. The molecule has 1 aromatic carbocycles. The topological polar surface area (TPSA) is 136 Å². The number of halogens is 2. The van der Waals surface area contributed by atoms with Crippen LogP contribution in [-0.4, -0.2) is 34.0 Å². The van der Waals surface area contributed by atoms with Crippen molar-refractivity contribution in [3.8, 4) is 0 Å². The molecule has 0 aliphatic carbocycles. The Hall–Kier alpha value is -2.36. The molecule has 3 rings (SSSR count). The zero-order chi connectivity index (χ0) is 20.1. The summed E-state index contributed by atoms with van der Waals surface area (Å²) >= 11 is 0. The molecule has 2 heterocycles. The van der Waals surface area contributed by atoms with Gasteiger partial charge in [-0.15, -0.1) is 24.8 Å². The van der Waals surface area contributed by atoms with Crippen LogP contribution in [0.2, 0.25) is 0 Å². The molecule has 0 saturated carbocycles. The third-order valence-corrected chi connectivity index (χ3v) is 4.82. The maximum absolute atomic E-state index is 11.1. The summed E-state index contributed by atoms with van der Waals surface area (Å²) in [4.78, 5) is 22.1. The Morgan fingerprint density at radius 3 is 2.73 bits per heavy atom. The second kappa shape index (κ2) is 11.7. The molecule has 0 bridgehead atoms. The lowest BCUT2D eigenvalue weighted by molar-refractivity contribution is -0.383. The highest BCUT2D eigenvalue weighted by molar-refractivity contribution is 5.85. The Balaban J connectivity index is 0.00000225. The number of nitrogen functional groups attached to an aromatic ring is 1. The zero-order valence-electron chi connectivity index (χ0n) is 16.9. The first-order valence-electron chi connectivity index (χ1n) is 9.65. The molecular formula is C19H29Cl2N7O2. The zero-order valence-corrected chi connectivity index (χ0v) is 18.5. The number of hydrogen-bond acceptors (Lipinski definition) is 8. The highest BCUT2D eigenvalue weighted by Gasteiger charge is 2.20. The highest BCUT2D eigenvalue weighted by atomic mass is 35.5. The van der Waals surface area contributed by atoms with E-state index < -0.39 is 4.92 Å². The van der Waals surface area contributed by atoms with Crippen molar-refractivity contribution in [1.82, 2.24) is 9.97 Å². The minimum absolute atomic E-state index is 0. The van der Waals surface area contributed by atoms with Crippen molar-refractivity contribution >= 4 is 53.6 Å². The fourth-order valence-electron chi connectivity index (χ4n) is 3.31. The summed E-state index contributed by atoms with van der Waals surface area (Å²) in [5.74, 6) is 1.26. The molecule has 0 unspecified atom stereocenters. The van der Waals surface area contributed by atoms with E-state index >= 15 is 0 Å². The number of anilines is 4. The maximum Gasteiger partial charge on any atom is 0.294 e. The van der Waals surface area contributed by atoms with Gasteiger partial charge in [0.15, 0.2) is 0 Å². The number of unbranched alkanes of at least 4 members (excludes halogenated alkanes) is 1. The minimum Gasteiger partial charge on any atom is -0.393 e. The van der Waals surface area contributed by atoms with Crippen LogP contribution in [0.3, 0.4) is 0 Å².